The Labute approximate surface area is 279 Å². The van der Waals surface area contributed by atoms with Crippen LogP contribution in [0.4, 0.5) is 0 Å². The van der Waals surface area contributed by atoms with Gasteiger partial charge in [0.05, 0.1) is 33.0 Å². The molecule has 0 radical (unpaired) electrons. The molecule has 4 aromatic carbocycles. The zero-order chi connectivity index (χ0) is 32.5. The fourth-order valence-corrected chi connectivity index (χ4v) is 5.69. The van der Waals surface area contributed by atoms with Gasteiger partial charge in [-0.3, -0.25) is 0 Å². The van der Waals surface area contributed by atoms with Crippen molar-refractivity contribution in [3.63, 3.8) is 0 Å². The molecule has 1 aliphatic heterocycles. The number of rotatable bonds is 19. The van der Waals surface area contributed by atoms with Crippen LogP contribution in [0.1, 0.15) is 54.9 Å². The molecule has 2 N–H and O–H groups in total. The van der Waals surface area contributed by atoms with Gasteiger partial charge in [0.2, 0.25) is 0 Å². The summed E-state index contributed by atoms with van der Waals surface area (Å²) >= 11 is 0. The summed E-state index contributed by atoms with van der Waals surface area (Å²) in [6, 6.07) is 40.4. The second-order valence-electron chi connectivity index (χ2n) is 12.0. The zero-order valence-corrected chi connectivity index (χ0v) is 27.4. The maximum absolute atomic E-state index is 6.77. The molecular formula is C40H49NO6. The number of hydrogen-bond donors (Lipinski definition) is 1. The summed E-state index contributed by atoms with van der Waals surface area (Å²) in [5.74, 6) is 0. The van der Waals surface area contributed by atoms with Crippen LogP contribution in [-0.4, -0.2) is 43.5 Å². The average molecular weight is 640 g/mol. The highest BCUT2D eigenvalue weighted by molar-refractivity contribution is 5.16. The van der Waals surface area contributed by atoms with Gasteiger partial charge in [-0.05, 0) is 35.1 Å². The molecule has 1 aliphatic rings. The fourth-order valence-electron chi connectivity index (χ4n) is 5.69. The van der Waals surface area contributed by atoms with Crippen LogP contribution < -0.4 is 5.73 Å². The number of hydrogen-bond acceptors (Lipinski definition) is 7. The lowest BCUT2D eigenvalue weighted by Gasteiger charge is -2.46. The van der Waals surface area contributed by atoms with Crippen molar-refractivity contribution in [1.29, 1.82) is 0 Å². The van der Waals surface area contributed by atoms with E-state index in [1.165, 1.54) is 0 Å². The second kappa shape index (κ2) is 19.4. The second-order valence-corrected chi connectivity index (χ2v) is 12.0. The maximum atomic E-state index is 6.77. The molecule has 0 spiro atoms. The summed E-state index contributed by atoms with van der Waals surface area (Å²) in [6.45, 7) is 3.99. The van der Waals surface area contributed by atoms with Crippen molar-refractivity contribution in [3.8, 4) is 0 Å². The first-order valence-electron chi connectivity index (χ1n) is 16.8. The van der Waals surface area contributed by atoms with Crippen molar-refractivity contribution < 1.29 is 28.4 Å². The molecule has 47 heavy (non-hydrogen) atoms. The smallest absolute Gasteiger partial charge is 0.188 e. The summed E-state index contributed by atoms with van der Waals surface area (Å²) < 4.78 is 39.6. The van der Waals surface area contributed by atoms with E-state index in [2.05, 4.69) is 31.2 Å². The van der Waals surface area contributed by atoms with Gasteiger partial charge in [-0.25, -0.2) is 0 Å². The molecule has 0 aliphatic carbocycles. The van der Waals surface area contributed by atoms with Crippen LogP contribution in [0.25, 0.3) is 0 Å². The van der Waals surface area contributed by atoms with Crippen LogP contribution in [0.15, 0.2) is 121 Å². The molecule has 1 saturated heterocycles. The Morgan fingerprint density at radius 2 is 1.02 bits per heavy atom. The molecule has 250 valence electrons. The summed E-state index contributed by atoms with van der Waals surface area (Å²) in [4.78, 5) is 0. The normalized spacial score (nSPS) is 21.8. The van der Waals surface area contributed by atoms with Crippen LogP contribution in [0, 0.1) is 0 Å². The van der Waals surface area contributed by atoms with Crippen molar-refractivity contribution in [2.45, 2.75) is 96.0 Å². The highest BCUT2D eigenvalue weighted by Crippen LogP contribution is 2.32. The first kappa shape index (κ1) is 34.9. The monoisotopic (exact) mass is 639 g/mol. The Morgan fingerprint density at radius 1 is 0.574 bits per heavy atom. The van der Waals surface area contributed by atoms with E-state index in [0.717, 1.165) is 47.9 Å². The minimum atomic E-state index is -0.794. The third kappa shape index (κ3) is 11.4. The van der Waals surface area contributed by atoms with Crippen molar-refractivity contribution in [2.75, 3.05) is 6.61 Å². The van der Waals surface area contributed by atoms with Crippen LogP contribution in [0.2, 0.25) is 0 Å². The molecule has 0 bridgehead atoms. The topological polar surface area (TPSA) is 81.4 Å². The first-order valence-corrected chi connectivity index (χ1v) is 16.8. The lowest BCUT2D eigenvalue weighted by molar-refractivity contribution is -0.336. The van der Waals surface area contributed by atoms with E-state index in [4.69, 9.17) is 34.2 Å². The predicted molar refractivity (Wildman–Crippen MR) is 183 cm³/mol. The highest BCUT2D eigenvalue weighted by atomic mass is 16.7. The Bertz CT molecular complexity index is 1380. The zero-order valence-electron chi connectivity index (χ0n) is 27.4. The molecule has 7 heteroatoms. The van der Waals surface area contributed by atoms with Crippen LogP contribution >= 0.6 is 0 Å². The standard InChI is InChI=1S/C40H49NO6/c1-2-3-8-25-36(41)47-40-39(45-29-34-23-15-7-16-24-34)38(44-28-33-21-13-6-14-22-33)37(43-27-32-19-11-5-12-20-32)35(46-40)30-42-26-31-17-9-4-10-18-31/h4-7,9-24,35-40H,2-3,8,25-30,41H2,1H3/t35-,36?,37-,38+,39+,40?/m1/s1. The van der Waals surface area contributed by atoms with Gasteiger partial charge >= 0.3 is 0 Å². The van der Waals surface area contributed by atoms with Crippen LogP contribution in [-0.2, 0) is 54.8 Å². The average Bonchev–Trinajstić information content (AvgIpc) is 3.11. The molecule has 2 unspecified atom stereocenters. The molecule has 6 atom stereocenters. The molecule has 7 nitrogen and oxygen atoms in total. The minimum Gasteiger partial charge on any atom is -0.374 e. The van der Waals surface area contributed by atoms with Gasteiger partial charge in [0, 0.05) is 0 Å². The van der Waals surface area contributed by atoms with Gasteiger partial charge in [0.15, 0.2) is 6.29 Å². The van der Waals surface area contributed by atoms with Crippen molar-refractivity contribution in [1.82, 2.24) is 0 Å². The number of ether oxygens (including phenoxy) is 6. The predicted octanol–water partition coefficient (Wildman–Crippen LogP) is 7.57. The Hall–Kier alpha value is -3.40. The highest BCUT2D eigenvalue weighted by Gasteiger charge is 2.49. The lowest BCUT2D eigenvalue weighted by atomic mass is 9.97. The largest absolute Gasteiger partial charge is 0.374 e. The van der Waals surface area contributed by atoms with Gasteiger partial charge in [0.25, 0.3) is 0 Å². The number of nitrogens with two attached hydrogens (primary N) is 1. The van der Waals surface area contributed by atoms with Gasteiger partial charge in [-0.15, -0.1) is 0 Å². The summed E-state index contributed by atoms with van der Waals surface area (Å²) in [7, 11) is 0. The fraction of sp³-hybridized carbons (Fsp3) is 0.400. The molecule has 0 saturated carbocycles. The molecule has 0 amide bonds. The third-order valence-electron chi connectivity index (χ3n) is 8.24. The van der Waals surface area contributed by atoms with Crippen molar-refractivity contribution in [2.24, 2.45) is 5.73 Å². The van der Waals surface area contributed by atoms with Crippen LogP contribution in [0.5, 0.6) is 0 Å². The number of benzene rings is 4. The Morgan fingerprint density at radius 3 is 1.51 bits per heavy atom. The summed E-state index contributed by atoms with van der Waals surface area (Å²) in [6.07, 6.45) is 0.375. The van der Waals surface area contributed by atoms with Gasteiger partial charge in [-0.2, -0.15) is 0 Å². The minimum absolute atomic E-state index is 0.274. The molecule has 0 aromatic heterocycles. The van der Waals surface area contributed by atoms with Gasteiger partial charge in [0.1, 0.15) is 30.6 Å². The molecule has 1 fully saturated rings. The third-order valence-corrected chi connectivity index (χ3v) is 8.24. The van der Waals surface area contributed by atoms with E-state index in [1.54, 1.807) is 0 Å². The molecule has 5 rings (SSSR count). The van der Waals surface area contributed by atoms with E-state index in [9.17, 15) is 0 Å². The van der Waals surface area contributed by atoms with Crippen molar-refractivity contribution in [3.05, 3.63) is 144 Å². The summed E-state index contributed by atoms with van der Waals surface area (Å²) in [5.41, 5.74) is 10.8. The summed E-state index contributed by atoms with van der Waals surface area (Å²) in [5, 5.41) is 0. The van der Waals surface area contributed by atoms with Gasteiger partial charge in [-0.1, -0.05) is 141 Å². The first-order chi connectivity index (χ1) is 23.2. The molecule has 4 aromatic rings. The Kier molecular flexibility index (Phi) is 14.4. The van der Waals surface area contributed by atoms with E-state index < -0.39 is 36.9 Å². The lowest BCUT2D eigenvalue weighted by Crippen LogP contribution is -2.62. The van der Waals surface area contributed by atoms with Crippen LogP contribution in [0.3, 0.4) is 0 Å². The van der Waals surface area contributed by atoms with E-state index >= 15 is 0 Å². The van der Waals surface area contributed by atoms with E-state index in [1.807, 2.05) is 97.1 Å². The van der Waals surface area contributed by atoms with E-state index in [-0.39, 0.29) is 6.61 Å². The Balaban J connectivity index is 1.43. The van der Waals surface area contributed by atoms with E-state index in [0.29, 0.717) is 26.4 Å². The molecule has 1 heterocycles. The maximum Gasteiger partial charge on any atom is 0.188 e. The SMILES string of the molecule is CCCCCC(N)OC1O[C@H](COCc2ccccc2)[C@@H](OCc2ccccc2)[C@H](OCc2ccccc2)[C@@H]1OCc1ccccc1. The molecular weight excluding hydrogens is 590 g/mol. The van der Waals surface area contributed by atoms with Crippen molar-refractivity contribution >= 4 is 0 Å². The number of unbranched alkanes of at least 4 members (excludes halogenated alkanes) is 2. The quantitative estimate of drug-likeness (QED) is 0.0838. The van der Waals surface area contributed by atoms with Gasteiger partial charge < -0.3 is 34.2 Å².